The summed E-state index contributed by atoms with van der Waals surface area (Å²) in [4.78, 5) is 30.8. The van der Waals surface area contributed by atoms with Crippen molar-refractivity contribution in [3.8, 4) is 0 Å². The van der Waals surface area contributed by atoms with E-state index < -0.39 is 0 Å². The number of hydrogen-bond donors (Lipinski definition) is 1. The molecule has 0 bridgehead atoms. The van der Waals surface area contributed by atoms with E-state index in [4.69, 9.17) is 23.2 Å². The molecule has 176 valence electrons. The molecule has 1 aliphatic rings. The molecule has 1 aromatic carbocycles. The Bertz CT molecular complexity index is 1180. The summed E-state index contributed by atoms with van der Waals surface area (Å²) >= 11 is 12.5. The minimum atomic E-state index is -0.140. The highest BCUT2D eigenvalue weighted by Gasteiger charge is 2.23. The number of pyridine rings is 1. The number of nitrogens with one attached hydrogen (secondary N) is 1. The van der Waals surface area contributed by atoms with Gasteiger partial charge in [-0.25, -0.2) is 4.68 Å². The molecule has 0 unspecified atom stereocenters. The number of carbonyl (C=O) groups excluding carboxylic acids is 2. The maximum absolute atomic E-state index is 12.7. The molecule has 1 fully saturated rings. The summed E-state index contributed by atoms with van der Waals surface area (Å²) in [5.41, 5.74) is 3.04. The summed E-state index contributed by atoms with van der Waals surface area (Å²) in [5, 5.41) is 8.69. The van der Waals surface area contributed by atoms with Gasteiger partial charge in [0.05, 0.1) is 17.8 Å². The van der Waals surface area contributed by atoms with Gasteiger partial charge in [0.25, 0.3) is 5.91 Å². The van der Waals surface area contributed by atoms with E-state index in [9.17, 15) is 9.59 Å². The summed E-state index contributed by atoms with van der Waals surface area (Å²) in [7, 11) is 0. The van der Waals surface area contributed by atoms with E-state index in [0.29, 0.717) is 48.2 Å². The number of benzene rings is 1. The molecular formula is C25H25Cl2N5O2. The van der Waals surface area contributed by atoms with Crippen LogP contribution in [0.15, 0.2) is 54.9 Å². The quantitative estimate of drug-likeness (QED) is 0.512. The molecular weight excluding hydrogens is 473 g/mol. The Morgan fingerprint density at radius 1 is 1.15 bits per heavy atom. The number of nitrogens with zero attached hydrogens (tertiary/aromatic N) is 4. The number of aryl methyl sites for hydroxylation is 1. The van der Waals surface area contributed by atoms with Crippen molar-refractivity contribution in [1.82, 2.24) is 25.0 Å². The highest BCUT2D eigenvalue weighted by molar-refractivity contribution is 6.31. The van der Waals surface area contributed by atoms with Crippen LogP contribution < -0.4 is 5.32 Å². The molecule has 34 heavy (non-hydrogen) atoms. The number of carbonyl (C=O) groups is 2. The topological polar surface area (TPSA) is 80.1 Å². The predicted octanol–water partition coefficient (Wildman–Crippen LogP) is 4.38. The van der Waals surface area contributed by atoms with Crippen LogP contribution >= 0.6 is 23.2 Å². The van der Waals surface area contributed by atoms with Crippen LogP contribution in [0.4, 0.5) is 0 Å². The van der Waals surface area contributed by atoms with Crippen molar-refractivity contribution in [2.45, 2.75) is 32.4 Å². The normalized spacial score (nSPS) is 14.5. The van der Waals surface area contributed by atoms with Gasteiger partial charge in [0.15, 0.2) is 0 Å². The third-order valence-corrected chi connectivity index (χ3v) is 6.46. The van der Waals surface area contributed by atoms with Crippen molar-refractivity contribution in [3.05, 3.63) is 87.4 Å². The zero-order valence-corrected chi connectivity index (χ0v) is 20.3. The first-order valence-corrected chi connectivity index (χ1v) is 11.8. The van der Waals surface area contributed by atoms with Crippen molar-refractivity contribution < 1.29 is 9.59 Å². The molecule has 0 spiro atoms. The van der Waals surface area contributed by atoms with Gasteiger partial charge in [-0.3, -0.25) is 14.6 Å². The second kappa shape index (κ2) is 10.8. The number of likely N-dealkylation sites (tertiary alicyclic amines) is 1. The van der Waals surface area contributed by atoms with E-state index in [1.807, 2.05) is 31.2 Å². The van der Waals surface area contributed by atoms with E-state index >= 15 is 0 Å². The van der Waals surface area contributed by atoms with Crippen molar-refractivity contribution in [1.29, 1.82) is 0 Å². The standard InChI is InChI=1S/C25H25Cl2N5O2/c1-17-22(24(27)32(30-17)16-18-4-6-20(26)7-5-18)8-9-23(33)31-13-10-21(11-14-31)29-25(34)19-3-2-12-28-15-19/h2-9,12,15,21H,10-11,13-14,16H2,1H3,(H,29,34)/b9-8+. The van der Waals surface area contributed by atoms with Crippen LogP contribution in [-0.4, -0.2) is 50.6 Å². The van der Waals surface area contributed by atoms with E-state index in [-0.39, 0.29) is 17.9 Å². The van der Waals surface area contributed by atoms with Gasteiger partial charge in [-0.15, -0.1) is 0 Å². The van der Waals surface area contributed by atoms with Crippen LogP contribution in [0.5, 0.6) is 0 Å². The first-order valence-electron chi connectivity index (χ1n) is 11.1. The SMILES string of the molecule is Cc1nn(Cc2ccc(Cl)cc2)c(Cl)c1/C=C/C(=O)N1CCC(NC(=O)c2cccnc2)CC1. The molecule has 0 atom stereocenters. The zero-order chi connectivity index (χ0) is 24.1. The predicted molar refractivity (Wildman–Crippen MR) is 133 cm³/mol. The maximum atomic E-state index is 12.7. The molecule has 1 saturated heterocycles. The Morgan fingerprint density at radius 2 is 1.88 bits per heavy atom. The van der Waals surface area contributed by atoms with Crippen molar-refractivity contribution in [2.24, 2.45) is 0 Å². The monoisotopic (exact) mass is 497 g/mol. The van der Waals surface area contributed by atoms with E-state index in [0.717, 1.165) is 16.8 Å². The van der Waals surface area contributed by atoms with Crippen molar-refractivity contribution in [2.75, 3.05) is 13.1 Å². The number of aromatic nitrogens is 3. The van der Waals surface area contributed by atoms with Gasteiger partial charge in [-0.2, -0.15) is 5.10 Å². The third kappa shape index (κ3) is 5.85. The Balaban J connectivity index is 1.32. The highest BCUT2D eigenvalue weighted by Crippen LogP contribution is 2.23. The molecule has 1 N–H and O–H groups in total. The average molecular weight is 498 g/mol. The lowest BCUT2D eigenvalue weighted by Gasteiger charge is -2.31. The van der Waals surface area contributed by atoms with Crippen LogP contribution in [0, 0.1) is 6.92 Å². The van der Waals surface area contributed by atoms with Crippen LogP contribution in [-0.2, 0) is 11.3 Å². The third-order valence-electron chi connectivity index (χ3n) is 5.81. The van der Waals surface area contributed by atoms with Gasteiger partial charge in [0.1, 0.15) is 5.15 Å². The Morgan fingerprint density at radius 3 is 2.56 bits per heavy atom. The number of amides is 2. The largest absolute Gasteiger partial charge is 0.349 e. The molecule has 9 heteroatoms. The summed E-state index contributed by atoms with van der Waals surface area (Å²) in [6.45, 7) is 3.52. The molecule has 2 aromatic heterocycles. The van der Waals surface area contributed by atoms with E-state index in [2.05, 4.69) is 15.4 Å². The van der Waals surface area contributed by atoms with Gasteiger partial charge >= 0.3 is 0 Å². The maximum Gasteiger partial charge on any atom is 0.253 e. The average Bonchev–Trinajstić information content (AvgIpc) is 3.12. The summed E-state index contributed by atoms with van der Waals surface area (Å²) in [6, 6.07) is 11.0. The lowest BCUT2D eigenvalue weighted by atomic mass is 10.0. The molecule has 4 rings (SSSR count). The number of rotatable bonds is 6. The Labute approximate surface area is 208 Å². The first-order chi connectivity index (χ1) is 16.4. The fourth-order valence-corrected chi connectivity index (χ4v) is 4.32. The molecule has 0 radical (unpaired) electrons. The number of hydrogen-bond acceptors (Lipinski definition) is 4. The molecule has 3 aromatic rings. The minimum Gasteiger partial charge on any atom is -0.349 e. The van der Waals surface area contributed by atoms with Crippen LogP contribution in [0.1, 0.15) is 40.0 Å². The number of piperidine rings is 1. The van der Waals surface area contributed by atoms with Gasteiger partial charge in [0.2, 0.25) is 5.91 Å². The summed E-state index contributed by atoms with van der Waals surface area (Å²) < 4.78 is 1.71. The van der Waals surface area contributed by atoms with E-state index in [1.165, 1.54) is 6.08 Å². The summed E-state index contributed by atoms with van der Waals surface area (Å²) in [5.74, 6) is -0.226. The number of halogens is 2. The molecule has 2 amide bonds. The first kappa shape index (κ1) is 24.0. The van der Waals surface area contributed by atoms with Gasteiger partial charge in [-0.1, -0.05) is 35.3 Å². The van der Waals surface area contributed by atoms with E-state index in [1.54, 1.807) is 40.2 Å². The van der Waals surface area contributed by atoms with Gasteiger partial charge in [0, 0.05) is 48.2 Å². The zero-order valence-electron chi connectivity index (χ0n) is 18.7. The fourth-order valence-electron chi connectivity index (χ4n) is 3.89. The lowest BCUT2D eigenvalue weighted by Crippen LogP contribution is -2.46. The fraction of sp³-hybridized carbons (Fsp3) is 0.280. The molecule has 3 heterocycles. The van der Waals surface area contributed by atoms with Crippen LogP contribution in [0.25, 0.3) is 6.08 Å². The van der Waals surface area contributed by atoms with Gasteiger partial charge < -0.3 is 10.2 Å². The smallest absolute Gasteiger partial charge is 0.253 e. The van der Waals surface area contributed by atoms with Crippen molar-refractivity contribution >= 4 is 41.1 Å². The summed E-state index contributed by atoms with van der Waals surface area (Å²) in [6.07, 6.45) is 7.84. The Hall–Kier alpha value is -3.16. The lowest BCUT2D eigenvalue weighted by molar-refractivity contribution is -0.126. The van der Waals surface area contributed by atoms with Crippen molar-refractivity contribution in [3.63, 3.8) is 0 Å². The highest BCUT2D eigenvalue weighted by atomic mass is 35.5. The molecule has 0 aliphatic carbocycles. The van der Waals surface area contributed by atoms with Crippen LogP contribution in [0.3, 0.4) is 0 Å². The molecule has 0 saturated carbocycles. The second-order valence-corrected chi connectivity index (χ2v) is 9.02. The molecule has 7 nitrogen and oxygen atoms in total. The molecule has 1 aliphatic heterocycles. The van der Waals surface area contributed by atoms with Gasteiger partial charge in [-0.05, 0) is 55.7 Å². The Kier molecular flexibility index (Phi) is 7.65. The second-order valence-electron chi connectivity index (χ2n) is 8.22. The minimum absolute atomic E-state index is 0.0310. The van der Waals surface area contributed by atoms with Crippen LogP contribution in [0.2, 0.25) is 10.2 Å².